The average molecular weight is 390 g/mol. The molecule has 1 heterocycles. The summed E-state index contributed by atoms with van der Waals surface area (Å²) in [7, 11) is -0.717. The van der Waals surface area contributed by atoms with Crippen molar-refractivity contribution < 1.29 is 0 Å². The van der Waals surface area contributed by atoms with E-state index in [-0.39, 0.29) is 0 Å². The lowest BCUT2D eigenvalue weighted by molar-refractivity contribution is 1.23. The van der Waals surface area contributed by atoms with Gasteiger partial charge in [0.15, 0.2) is 5.82 Å². The molecule has 0 radical (unpaired) electrons. The SMILES string of the molecule is c1ccc(-c2ncc3cccc(P(c4ccccc4)c4ccccc4)c3n2)cc1. The highest BCUT2D eigenvalue weighted by molar-refractivity contribution is 7.80. The number of hydrogen-bond acceptors (Lipinski definition) is 2. The van der Waals surface area contributed by atoms with Crippen LogP contribution in [0, 0.1) is 0 Å². The first-order valence-electron chi connectivity index (χ1n) is 9.61. The van der Waals surface area contributed by atoms with Crippen molar-refractivity contribution in [3.05, 3.63) is 115 Å². The van der Waals surface area contributed by atoms with Gasteiger partial charge in [-0.05, 0) is 18.5 Å². The molecule has 0 saturated carbocycles. The molecular formula is C26H19N2P. The Kier molecular flexibility index (Phi) is 4.86. The van der Waals surface area contributed by atoms with Crippen molar-refractivity contribution in [2.45, 2.75) is 0 Å². The Morgan fingerprint density at radius 2 is 1.14 bits per heavy atom. The third kappa shape index (κ3) is 3.55. The zero-order valence-electron chi connectivity index (χ0n) is 15.8. The molecule has 0 N–H and O–H groups in total. The highest BCUT2D eigenvalue weighted by Crippen LogP contribution is 2.35. The number of hydrogen-bond donors (Lipinski definition) is 0. The minimum atomic E-state index is -0.717. The number of nitrogens with zero attached hydrogens (tertiary/aromatic N) is 2. The maximum atomic E-state index is 5.02. The second-order valence-electron chi connectivity index (χ2n) is 6.78. The summed E-state index contributed by atoms with van der Waals surface area (Å²) in [4.78, 5) is 9.64. The Morgan fingerprint density at radius 3 is 1.76 bits per heavy atom. The van der Waals surface area contributed by atoms with Crippen LogP contribution in [0.2, 0.25) is 0 Å². The Labute approximate surface area is 171 Å². The van der Waals surface area contributed by atoms with Gasteiger partial charge >= 0.3 is 0 Å². The number of para-hydroxylation sites is 1. The standard InChI is InChI=1S/C26H19N2P/c1-4-11-20(12-5-1)26-27-19-21-13-10-18-24(25(21)28-26)29(22-14-6-2-7-15-22)23-16-8-3-9-17-23/h1-19H. The summed E-state index contributed by atoms with van der Waals surface area (Å²) >= 11 is 0. The van der Waals surface area contributed by atoms with Gasteiger partial charge in [0.2, 0.25) is 0 Å². The van der Waals surface area contributed by atoms with Gasteiger partial charge in [0.1, 0.15) is 0 Å². The normalized spacial score (nSPS) is 11.1. The molecule has 0 bridgehead atoms. The van der Waals surface area contributed by atoms with E-state index < -0.39 is 7.92 Å². The van der Waals surface area contributed by atoms with E-state index in [0.29, 0.717) is 0 Å². The molecule has 0 fully saturated rings. The van der Waals surface area contributed by atoms with Gasteiger partial charge in [0, 0.05) is 22.5 Å². The number of benzene rings is 4. The fourth-order valence-corrected chi connectivity index (χ4v) is 5.95. The third-order valence-electron chi connectivity index (χ3n) is 4.89. The largest absolute Gasteiger partial charge is 0.236 e. The van der Waals surface area contributed by atoms with Gasteiger partial charge in [-0.3, -0.25) is 0 Å². The topological polar surface area (TPSA) is 25.8 Å². The number of rotatable bonds is 4. The first-order chi connectivity index (χ1) is 14.4. The second kappa shape index (κ2) is 7.95. The first kappa shape index (κ1) is 17.7. The second-order valence-corrected chi connectivity index (χ2v) is 8.97. The molecular weight excluding hydrogens is 371 g/mol. The van der Waals surface area contributed by atoms with Gasteiger partial charge in [0.05, 0.1) is 5.52 Å². The van der Waals surface area contributed by atoms with E-state index in [4.69, 9.17) is 4.98 Å². The van der Waals surface area contributed by atoms with Crippen molar-refractivity contribution in [2.75, 3.05) is 0 Å². The van der Waals surface area contributed by atoms with Crippen LogP contribution in [0.3, 0.4) is 0 Å². The molecule has 0 aliphatic carbocycles. The Hall–Kier alpha value is -3.35. The first-order valence-corrected chi connectivity index (χ1v) is 11.0. The number of aromatic nitrogens is 2. The van der Waals surface area contributed by atoms with Crippen molar-refractivity contribution in [1.82, 2.24) is 9.97 Å². The summed E-state index contributed by atoms with van der Waals surface area (Å²) in [6, 6.07) is 38.1. The van der Waals surface area contributed by atoms with Gasteiger partial charge < -0.3 is 0 Å². The van der Waals surface area contributed by atoms with Gasteiger partial charge in [-0.15, -0.1) is 0 Å². The van der Waals surface area contributed by atoms with E-state index in [2.05, 4.69) is 96.0 Å². The molecule has 0 amide bonds. The molecule has 5 rings (SSSR count). The monoisotopic (exact) mass is 390 g/mol. The van der Waals surface area contributed by atoms with Crippen LogP contribution in [0.5, 0.6) is 0 Å². The summed E-state index contributed by atoms with van der Waals surface area (Å²) in [5.74, 6) is 0.765. The summed E-state index contributed by atoms with van der Waals surface area (Å²) in [5, 5.41) is 4.97. The molecule has 2 nitrogen and oxygen atoms in total. The third-order valence-corrected chi connectivity index (χ3v) is 7.36. The quantitative estimate of drug-likeness (QED) is 0.401. The zero-order chi connectivity index (χ0) is 19.5. The van der Waals surface area contributed by atoms with E-state index in [1.165, 1.54) is 15.9 Å². The molecule has 0 unspecified atom stereocenters. The van der Waals surface area contributed by atoms with Crippen LogP contribution in [-0.4, -0.2) is 9.97 Å². The zero-order valence-corrected chi connectivity index (χ0v) is 16.7. The highest BCUT2D eigenvalue weighted by atomic mass is 31.1. The maximum Gasteiger partial charge on any atom is 0.159 e. The van der Waals surface area contributed by atoms with E-state index in [0.717, 1.165) is 22.3 Å². The lowest BCUT2D eigenvalue weighted by Crippen LogP contribution is -2.21. The maximum absolute atomic E-state index is 5.02. The van der Waals surface area contributed by atoms with Gasteiger partial charge in [-0.25, -0.2) is 9.97 Å². The van der Waals surface area contributed by atoms with Crippen molar-refractivity contribution in [2.24, 2.45) is 0 Å². The van der Waals surface area contributed by atoms with Crippen LogP contribution < -0.4 is 15.9 Å². The van der Waals surface area contributed by atoms with Crippen molar-refractivity contribution >= 4 is 34.7 Å². The molecule has 29 heavy (non-hydrogen) atoms. The smallest absolute Gasteiger partial charge is 0.159 e. The van der Waals surface area contributed by atoms with Crippen molar-refractivity contribution in [3.8, 4) is 11.4 Å². The van der Waals surface area contributed by atoms with Crippen LogP contribution >= 0.6 is 7.92 Å². The predicted molar refractivity (Wildman–Crippen MR) is 124 cm³/mol. The molecule has 0 aliphatic heterocycles. The fourth-order valence-electron chi connectivity index (χ4n) is 3.53. The van der Waals surface area contributed by atoms with Crippen LogP contribution in [0.4, 0.5) is 0 Å². The lowest BCUT2D eigenvalue weighted by atomic mass is 10.2. The predicted octanol–water partition coefficient (Wildman–Crippen LogP) is 5.06. The van der Waals surface area contributed by atoms with Gasteiger partial charge in [-0.2, -0.15) is 0 Å². The molecule has 138 valence electrons. The van der Waals surface area contributed by atoms with E-state index in [1.54, 1.807) is 0 Å². The Morgan fingerprint density at radius 1 is 0.552 bits per heavy atom. The van der Waals surface area contributed by atoms with E-state index in [1.807, 2.05) is 24.4 Å². The van der Waals surface area contributed by atoms with Crippen LogP contribution in [0.1, 0.15) is 0 Å². The molecule has 0 aliphatic rings. The van der Waals surface area contributed by atoms with E-state index >= 15 is 0 Å². The van der Waals surface area contributed by atoms with Crippen LogP contribution in [0.25, 0.3) is 22.3 Å². The molecule has 0 spiro atoms. The Balaban J connectivity index is 1.75. The molecule has 4 aromatic carbocycles. The van der Waals surface area contributed by atoms with Crippen molar-refractivity contribution in [3.63, 3.8) is 0 Å². The molecule has 0 atom stereocenters. The Bertz CT molecular complexity index is 1200. The van der Waals surface area contributed by atoms with Crippen LogP contribution in [-0.2, 0) is 0 Å². The minimum absolute atomic E-state index is 0.717. The van der Waals surface area contributed by atoms with Crippen molar-refractivity contribution in [1.29, 1.82) is 0 Å². The number of fused-ring (bicyclic) bond motifs is 1. The minimum Gasteiger partial charge on any atom is -0.236 e. The lowest BCUT2D eigenvalue weighted by Gasteiger charge is -2.20. The fraction of sp³-hybridized carbons (Fsp3) is 0. The summed E-state index contributed by atoms with van der Waals surface area (Å²) in [5.41, 5.74) is 2.06. The summed E-state index contributed by atoms with van der Waals surface area (Å²) in [6.07, 6.45) is 1.94. The van der Waals surface area contributed by atoms with Gasteiger partial charge in [0.25, 0.3) is 0 Å². The van der Waals surface area contributed by atoms with Crippen LogP contribution in [0.15, 0.2) is 115 Å². The van der Waals surface area contributed by atoms with E-state index in [9.17, 15) is 0 Å². The molecule has 5 aromatic rings. The molecule has 0 saturated heterocycles. The summed E-state index contributed by atoms with van der Waals surface area (Å²) < 4.78 is 0. The average Bonchev–Trinajstić information content (AvgIpc) is 2.81. The van der Waals surface area contributed by atoms with Gasteiger partial charge in [-0.1, -0.05) is 109 Å². The highest BCUT2D eigenvalue weighted by Gasteiger charge is 2.19. The summed E-state index contributed by atoms with van der Waals surface area (Å²) in [6.45, 7) is 0. The molecule has 3 heteroatoms. The molecule has 1 aromatic heterocycles.